The van der Waals surface area contributed by atoms with Crippen molar-refractivity contribution in [3.63, 3.8) is 0 Å². The number of aromatic nitrogens is 1. The zero-order valence-electron chi connectivity index (χ0n) is 16.7. The monoisotopic (exact) mass is 447 g/mol. The number of fused-ring (bicyclic) bond motifs is 3. The Morgan fingerprint density at radius 3 is 2.55 bits per heavy atom. The zero-order chi connectivity index (χ0) is 22.4. The van der Waals surface area contributed by atoms with Crippen LogP contribution in [0, 0.1) is 5.82 Å². The molecular formula is C21H19ClFN3O5. The van der Waals surface area contributed by atoms with Crippen LogP contribution in [-0.4, -0.2) is 57.2 Å². The maximum absolute atomic E-state index is 13.4. The number of amides is 2. The van der Waals surface area contributed by atoms with Crippen molar-refractivity contribution in [2.24, 2.45) is 0 Å². The van der Waals surface area contributed by atoms with Crippen LogP contribution in [0.15, 0.2) is 23.0 Å². The molecule has 4 rings (SSSR count). The molecule has 3 heterocycles. The van der Waals surface area contributed by atoms with E-state index in [4.69, 9.17) is 11.6 Å². The molecule has 1 N–H and O–H groups in total. The first-order valence-electron chi connectivity index (χ1n) is 9.68. The van der Waals surface area contributed by atoms with Crippen LogP contribution in [0.1, 0.15) is 38.4 Å². The molecule has 0 saturated carbocycles. The molecule has 1 aromatic carbocycles. The largest absolute Gasteiger partial charge is 0.502 e. The highest BCUT2D eigenvalue weighted by Crippen LogP contribution is 2.30. The minimum Gasteiger partial charge on any atom is -0.502 e. The molecule has 2 amide bonds. The van der Waals surface area contributed by atoms with Gasteiger partial charge in [-0.05, 0) is 24.1 Å². The molecule has 0 spiro atoms. The van der Waals surface area contributed by atoms with E-state index in [1.54, 1.807) is 0 Å². The van der Waals surface area contributed by atoms with E-state index in [1.165, 1.54) is 35.0 Å². The fourth-order valence-electron chi connectivity index (χ4n) is 4.04. The van der Waals surface area contributed by atoms with E-state index in [1.807, 2.05) is 0 Å². The highest BCUT2D eigenvalue weighted by Gasteiger charge is 2.36. The van der Waals surface area contributed by atoms with Gasteiger partial charge >= 0.3 is 0 Å². The molecular weight excluding hydrogens is 429 g/mol. The van der Waals surface area contributed by atoms with Gasteiger partial charge in [0.25, 0.3) is 17.4 Å². The van der Waals surface area contributed by atoms with Crippen LogP contribution in [0.3, 0.4) is 0 Å². The summed E-state index contributed by atoms with van der Waals surface area (Å²) in [7, 11) is 1.45. The van der Waals surface area contributed by atoms with E-state index in [-0.39, 0.29) is 61.1 Å². The lowest BCUT2D eigenvalue weighted by atomic mass is 9.94. The minimum absolute atomic E-state index is 0.0330. The summed E-state index contributed by atoms with van der Waals surface area (Å²) in [5.74, 6) is -2.67. The SMILES string of the molecule is CN1CC(=O)CCn2c(c3c(c(O)c2=O)C(=O)N(Cc2ccc(F)c(Cl)c2)CC3)C1=O. The number of rotatable bonds is 2. The van der Waals surface area contributed by atoms with Crippen LogP contribution in [0.5, 0.6) is 5.75 Å². The fraction of sp³-hybridized carbons (Fsp3) is 0.333. The predicted molar refractivity (Wildman–Crippen MR) is 109 cm³/mol. The maximum Gasteiger partial charge on any atom is 0.294 e. The Morgan fingerprint density at radius 1 is 1.10 bits per heavy atom. The van der Waals surface area contributed by atoms with Crippen molar-refractivity contribution >= 4 is 29.2 Å². The van der Waals surface area contributed by atoms with Crippen LogP contribution in [0.25, 0.3) is 0 Å². The molecule has 31 heavy (non-hydrogen) atoms. The fourth-order valence-corrected chi connectivity index (χ4v) is 4.24. The van der Waals surface area contributed by atoms with E-state index in [0.29, 0.717) is 11.1 Å². The van der Waals surface area contributed by atoms with Crippen LogP contribution in [0.2, 0.25) is 5.02 Å². The lowest BCUT2D eigenvalue weighted by molar-refractivity contribution is -0.119. The number of nitrogens with zero attached hydrogens (tertiary/aromatic N) is 3. The molecule has 10 heteroatoms. The van der Waals surface area contributed by atoms with Gasteiger partial charge in [-0.25, -0.2) is 4.39 Å². The van der Waals surface area contributed by atoms with Crippen LogP contribution in [0.4, 0.5) is 4.39 Å². The van der Waals surface area contributed by atoms with Crippen LogP contribution >= 0.6 is 11.6 Å². The van der Waals surface area contributed by atoms with Crippen molar-refractivity contribution in [2.45, 2.75) is 25.9 Å². The van der Waals surface area contributed by atoms with Crippen molar-refractivity contribution in [3.8, 4) is 5.75 Å². The van der Waals surface area contributed by atoms with Gasteiger partial charge in [0.05, 0.1) is 17.1 Å². The van der Waals surface area contributed by atoms with E-state index in [2.05, 4.69) is 0 Å². The van der Waals surface area contributed by atoms with E-state index < -0.39 is 28.9 Å². The number of hydrogen-bond acceptors (Lipinski definition) is 5. The summed E-state index contributed by atoms with van der Waals surface area (Å²) in [6, 6.07) is 4.10. The first kappa shape index (κ1) is 21.0. The Bertz CT molecular complexity index is 1190. The summed E-state index contributed by atoms with van der Waals surface area (Å²) in [6.07, 6.45) is 0.265. The number of carbonyl (C=O) groups is 3. The minimum atomic E-state index is -0.884. The van der Waals surface area contributed by atoms with Gasteiger partial charge in [-0.15, -0.1) is 0 Å². The van der Waals surface area contributed by atoms with Gasteiger partial charge in [0.2, 0.25) is 0 Å². The smallest absolute Gasteiger partial charge is 0.294 e. The third-order valence-corrected chi connectivity index (χ3v) is 5.90. The molecule has 0 unspecified atom stereocenters. The van der Waals surface area contributed by atoms with E-state index in [9.17, 15) is 28.7 Å². The maximum atomic E-state index is 13.4. The summed E-state index contributed by atoms with van der Waals surface area (Å²) in [5, 5.41) is 10.5. The van der Waals surface area contributed by atoms with Gasteiger partial charge in [0.15, 0.2) is 11.5 Å². The lowest BCUT2D eigenvalue weighted by Gasteiger charge is -2.32. The molecule has 0 aliphatic carbocycles. The van der Waals surface area contributed by atoms with E-state index >= 15 is 0 Å². The molecule has 0 fully saturated rings. The molecule has 2 aliphatic rings. The van der Waals surface area contributed by atoms with Crippen molar-refractivity contribution < 1.29 is 23.9 Å². The second kappa shape index (κ2) is 7.81. The van der Waals surface area contributed by atoms with Crippen LogP contribution in [-0.2, 0) is 24.3 Å². The highest BCUT2D eigenvalue weighted by atomic mass is 35.5. The van der Waals surface area contributed by atoms with Gasteiger partial charge in [-0.1, -0.05) is 17.7 Å². The lowest BCUT2D eigenvalue weighted by Crippen LogP contribution is -2.45. The summed E-state index contributed by atoms with van der Waals surface area (Å²) in [5.41, 5.74) is -0.179. The van der Waals surface area contributed by atoms with Crippen molar-refractivity contribution in [2.75, 3.05) is 20.1 Å². The van der Waals surface area contributed by atoms with E-state index in [0.717, 1.165) is 4.57 Å². The number of hydrogen-bond donors (Lipinski definition) is 1. The molecule has 1 aromatic heterocycles. The summed E-state index contributed by atoms with van der Waals surface area (Å²) in [6.45, 7) is 0.188. The molecule has 2 aromatic rings. The molecule has 0 bridgehead atoms. The van der Waals surface area contributed by atoms with Gasteiger partial charge in [0, 0.05) is 38.7 Å². The second-order valence-electron chi connectivity index (χ2n) is 7.68. The molecule has 2 aliphatic heterocycles. The molecule has 0 radical (unpaired) electrons. The standard InChI is InChI=1S/C21H19ClFN3O5/c1-24-10-12(27)4-7-26-17(20(24)30)13-5-6-25(19(29)16(13)18(28)21(26)31)9-11-2-3-15(23)14(22)8-11/h2-3,8,28H,4-7,9-10H2,1H3. The Balaban J connectivity index is 1.78. The van der Waals surface area contributed by atoms with Crippen molar-refractivity contribution in [1.29, 1.82) is 0 Å². The Labute approximate surface area is 181 Å². The quantitative estimate of drug-likeness (QED) is 0.753. The average molecular weight is 448 g/mol. The number of carbonyl (C=O) groups excluding carboxylic acids is 3. The second-order valence-corrected chi connectivity index (χ2v) is 8.09. The molecule has 8 nitrogen and oxygen atoms in total. The number of ketones is 1. The first-order chi connectivity index (χ1) is 14.7. The number of benzene rings is 1. The summed E-state index contributed by atoms with van der Waals surface area (Å²) >= 11 is 5.81. The topological polar surface area (TPSA) is 99.9 Å². The molecule has 162 valence electrons. The molecule has 0 atom stereocenters. The third kappa shape index (κ3) is 3.59. The van der Waals surface area contributed by atoms with Gasteiger partial charge < -0.3 is 19.5 Å². The van der Waals surface area contributed by atoms with Crippen molar-refractivity contribution in [3.05, 3.63) is 61.8 Å². The van der Waals surface area contributed by atoms with Gasteiger partial charge in [-0.2, -0.15) is 0 Å². The normalized spacial score (nSPS) is 16.7. The predicted octanol–water partition coefficient (Wildman–Crippen LogP) is 1.59. The Morgan fingerprint density at radius 2 is 1.84 bits per heavy atom. The third-order valence-electron chi connectivity index (χ3n) is 5.61. The summed E-state index contributed by atoms with van der Waals surface area (Å²) in [4.78, 5) is 53.5. The highest BCUT2D eigenvalue weighted by molar-refractivity contribution is 6.30. The number of halogens is 2. The average Bonchev–Trinajstić information content (AvgIpc) is 2.72. The first-order valence-corrected chi connectivity index (χ1v) is 10.1. The Kier molecular flexibility index (Phi) is 5.30. The van der Waals surface area contributed by atoms with Gasteiger partial charge in [0.1, 0.15) is 11.5 Å². The number of aromatic hydroxyl groups is 1. The number of Topliss-reactive ketones (excluding diaryl/α,β-unsaturated/α-hetero) is 1. The van der Waals surface area contributed by atoms with Crippen molar-refractivity contribution in [1.82, 2.24) is 14.4 Å². The number of pyridine rings is 1. The van der Waals surface area contributed by atoms with Gasteiger partial charge in [-0.3, -0.25) is 19.2 Å². The zero-order valence-corrected chi connectivity index (χ0v) is 17.4. The van der Waals surface area contributed by atoms with Crippen LogP contribution < -0.4 is 5.56 Å². The number of likely N-dealkylation sites (N-methyl/N-ethyl adjacent to an activating group) is 1. The summed E-state index contributed by atoms with van der Waals surface area (Å²) < 4.78 is 14.5. The Hall–Kier alpha value is -3.20. The molecule has 0 saturated heterocycles.